The van der Waals surface area contributed by atoms with Crippen LogP contribution in [0.5, 0.6) is 0 Å². The second-order valence-corrected chi connectivity index (χ2v) is 5.29. The molecule has 18 heavy (non-hydrogen) atoms. The van der Waals surface area contributed by atoms with E-state index in [2.05, 4.69) is 5.32 Å². The molecule has 1 aliphatic carbocycles. The number of benzene rings is 1. The minimum atomic E-state index is -4.15. The van der Waals surface area contributed by atoms with Crippen LogP contribution in [0.2, 0.25) is 0 Å². The molecule has 1 N–H and O–H groups in total. The number of alkyl halides is 3. The van der Waals surface area contributed by atoms with Crippen LogP contribution in [0.4, 0.5) is 13.2 Å². The molecule has 1 aliphatic rings. The number of aryl methyl sites for hydroxylation is 2. The summed E-state index contributed by atoms with van der Waals surface area (Å²) in [5.74, 6) is 0. The lowest BCUT2D eigenvalue weighted by atomic mass is 10.0. The summed E-state index contributed by atoms with van der Waals surface area (Å²) >= 11 is 0. The molecule has 0 radical (unpaired) electrons. The number of hydrogen-bond acceptors (Lipinski definition) is 1. The van der Waals surface area contributed by atoms with Crippen molar-refractivity contribution in [2.75, 3.05) is 0 Å². The van der Waals surface area contributed by atoms with Gasteiger partial charge in [0.25, 0.3) is 0 Å². The van der Waals surface area contributed by atoms with E-state index in [9.17, 15) is 13.2 Å². The molecule has 0 aliphatic heterocycles. The number of hydrogen-bond donors (Lipinski definition) is 1. The third-order valence-electron chi connectivity index (χ3n) is 3.82. The molecule has 0 spiro atoms. The van der Waals surface area contributed by atoms with Gasteiger partial charge in [-0.15, -0.1) is 0 Å². The zero-order chi connectivity index (χ0) is 13.6. The van der Waals surface area contributed by atoms with Crippen molar-refractivity contribution in [3.63, 3.8) is 0 Å². The zero-order valence-electron chi connectivity index (χ0n) is 10.9. The predicted octanol–water partition coefficient (Wildman–Crippen LogP) is 4.05. The van der Waals surface area contributed by atoms with E-state index in [1.165, 1.54) is 0 Å². The standard InChI is InChI=1S/C14H18F3N/c1-9-4-5-12(8-10(9)2)11(3)18-13(6-7-13)14(15,16)17/h4-5,8,11,18H,6-7H2,1-3H3. The van der Waals surface area contributed by atoms with Crippen LogP contribution in [0, 0.1) is 13.8 Å². The van der Waals surface area contributed by atoms with Crippen molar-refractivity contribution in [2.24, 2.45) is 0 Å². The molecule has 1 aromatic rings. The van der Waals surface area contributed by atoms with Gasteiger partial charge in [-0.2, -0.15) is 13.2 Å². The van der Waals surface area contributed by atoms with E-state index in [0.717, 1.165) is 16.7 Å². The lowest BCUT2D eigenvalue weighted by Crippen LogP contribution is -2.45. The maximum Gasteiger partial charge on any atom is 0.406 e. The van der Waals surface area contributed by atoms with Crippen LogP contribution in [0.25, 0.3) is 0 Å². The van der Waals surface area contributed by atoms with Crippen molar-refractivity contribution < 1.29 is 13.2 Å². The fraction of sp³-hybridized carbons (Fsp3) is 0.571. The first kappa shape index (κ1) is 13.4. The smallest absolute Gasteiger partial charge is 0.297 e. The van der Waals surface area contributed by atoms with E-state index in [0.29, 0.717) is 0 Å². The van der Waals surface area contributed by atoms with Gasteiger partial charge in [-0.25, -0.2) is 0 Å². The first-order valence-corrected chi connectivity index (χ1v) is 6.17. The minimum Gasteiger partial charge on any atom is -0.297 e. The van der Waals surface area contributed by atoms with Gasteiger partial charge >= 0.3 is 6.18 Å². The largest absolute Gasteiger partial charge is 0.406 e. The Hall–Kier alpha value is -1.03. The Kier molecular flexibility index (Phi) is 3.18. The molecular weight excluding hydrogens is 239 g/mol. The molecule has 4 heteroatoms. The van der Waals surface area contributed by atoms with Gasteiger partial charge in [0.05, 0.1) is 0 Å². The van der Waals surface area contributed by atoms with Gasteiger partial charge in [0.2, 0.25) is 0 Å². The molecule has 1 atom stereocenters. The highest BCUT2D eigenvalue weighted by Gasteiger charge is 2.63. The molecule has 0 bridgehead atoms. The predicted molar refractivity (Wildman–Crippen MR) is 65.5 cm³/mol. The summed E-state index contributed by atoms with van der Waals surface area (Å²) in [4.78, 5) is 0. The lowest BCUT2D eigenvalue weighted by Gasteiger charge is -2.25. The highest BCUT2D eigenvalue weighted by Crippen LogP contribution is 2.50. The number of halogens is 3. The van der Waals surface area contributed by atoms with Gasteiger partial charge in [-0.05, 0) is 50.3 Å². The van der Waals surface area contributed by atoms with Crippen LogP contribution in [-0.4, -0.2) is 11.7 Å². The van der Waals surface area contributed by atoms with Crippen LogP contribution in [0.15, 0.2) is 18.2 Å². The molecule has 0 amide bonds. The molecule has 1 fully saturated rings. The number of nitrogens with one attached hydrogen (secondary N) is 1. The second kappa shape index (κ2) is 4.26. The fourth-order valence-corrected chi connectivity index (χ4v) is 2.17. The summed E-state index contributed by atoms with van der Waals surface area (Å²) in [7, 11) is 0. The summed E-state index contributed by atoms with van der Waals surface area (Å²) in [6.07, 6.45) is -3.78. The first-order valence-electron chi connectivity index (χ1n) is 6.17. The lowest BCUT2D eigenvalue weighted by molar-refractivity contribution is -0.167. The third kappa shape index (κ3) is 2.39. The highest BCUT2D eigenvalue weighted by molar-refractivity contribution is 5.32. The van der Waals surface area contributed by atoms with Gasteiger partial charge in [-0.3, -0.25) is 5.32 Å². The second-order valence-electron chi connectivity index (χ2n) is 5.29. The Morgan fingerprint density at radius 2 is 1.78 bits per heavy atom. The van der Waals surface area contributed by atoms with E-state index in [1.807, 2.05) is 32.0 Å². The Balaban J connectivity index is 2.13. The molecule has 1 saturated carbocycles. The van der Waals surface area contributed by atoms with Crippen LogP contribution in [0.3, 0.4) is 0 Å². The topological polar surface area (TPSA) is 12.0 Å². The quantitative estimate of drug-likeness (QED) is 0.861. The monoisotopic (exact) mass is 257 g/mol. The van der Waals surface area contributed by atoms with E-state index in [-0.39, 0.29) is 18.9 Å². The highest BCUT2D eigenvalue weighted by atomic mass is 19.4. The maximum atomic E-state index is 12.9. The van der Waals surface area contributed by atoms with E-state index >= 15 is 0 Å². The SMILES string of the molecule is Cc1ccc(C(C)NC2(C(F)(F)F)CC2)cc1C. The Bertz CT molecular complexity index is 447. The summed E-state index contributed by atoms with van der Waals surface area (Å²) < 4.78 is 38.6. The molecule has 0 aromatic heterocycles. The van der Waals surface area contributed by atoms with Crippen molar-refractivity contribution in [3.8, 4) is 0 Å². The summed E-state index contributed by atoms with van der Waals surface area (Å²) in [5, 5.41) is 2.75. The summed E-state index contributed by atoms with van der Waals surface area (Å²) in [6, 6.07) is 5.52. The van der Waals surface area contributed by atoms with E-state index in [1.54, 1.807) is 6.92 Å². The van der Waals surface area contributed by atoms with Crippen molar-refractivity contribution in [3.05, 3.63) is 34.9 Å². The molecule has 2 rings (SSSR count). The Morgan fingerprint density at radius 3 is 2.22 bits per heavy atom. The van der Waals surface area contributed by atoms with Crippen LogP contribution in [0.1, 0.15) is 42.5 Å². The molecule has 0 saturated heterocycles. The van der Waals surface area contributed by atoms with Gasteiger partial charge in [0.15, 0.2) is 0 Å². The van der Waals surface area contributed by atoms with Crippen molar-refractivity contribution in [2.45, 2.75) is 51.4 Å². The molecule has 100 valence electrons. The van der Waals surface area contributed by atoms with Crippen LogP contribution < -0.4 is 5.32 Å². The first-order chi connectivity index (χ1) is 8.25. The molecule has 0 heterocycles. The van der Waals surface area contributed by atoms with Gasteiger partial charge in [0, 0.05) is 6.04 Å². The average Bonchev–Trinajstić information content (AvgIpc) is 3.02. The average molecular weight is 257 g/mol. The van der Waals surface area contributed by atoms with Crippen molar-refractivity contribution >= 4 is 0 Å². The van der Waals surface area contributed by atoms with Crippen LogP contribution in [-0.2, 0) is 0 Å². The van der Waals surface area contributed by atoms with Crippen LogP contribution >= 0.6 is 0 Å². The normalized spacial score (nSPS) is 19.7. The van der Waals surface area contributed by atoms with E-state index < -0.39 is 11.7 Å². The van der Waals surface area contributed by atoms with E-state index in [4.69, 9.17) is 0 Å². The summed E-state index contributed by atoms with van der Waals surface area (Å²) in [6.45, 7) is 5.76. The molecule has 1 nitrogen and oxygen atoms in total. The minimum absolute atomic E-state index is 0.186. The Labute approximate surface area is 105 Å². The Morgan fingerprint density at radius 1 is 1.17 bits per heavy atom. The fourth-order valence-electron chi connectivity index (χ4n) is 2.17. The zero-order valence-corrected chi connectivity index (χ0v) is 10.9. The third-order valence-corrected chi connectivity index (χ3v) is 3.82. The van der Waals surface area contributed by atoms with Crippen molar-refractivity contribution in [1.82, 2.24) is 5.32 Å². The summed E-state index contributed by atoms with van der Waals surface area (Å²) in [5.41, 5.74) is 1.53. The van der Waals surface area contributed by atoms with Gasteiger partial charge in [-0.1, -0.05) is 18.2 Å². The number of rotatable bonds is 3. The van der Waals surface area contributed by atoms with Crippen molar-refractivity contribution in [1.29, 1.82) is 0 Å². The van der Waals surface area contributed by atoms with Gasteiger partial charge in [0.1, 0.15) is 5.54 Å². The van der Waals surface area contributed by atoms with Gasteiger partial charge < -0.3 is 0 Å². The molecule has 1 unspecified atom stereocenters. The molecule has 1 aromatic carbocycles. The maximum absolute atomic E-state index is 12.9. The molecular formula is C14H18F3N.